The van der Waals surface area contributed by atoms with Gasteiger partial charge in [0.05, 0.1) is 5.92 Å². The molecule has 0 aliphatic rings. The minimum atomic E-state index is -0.114. The second-order valence-electron chi connectivity index (χ2n) is 2.20. The number of esters is 1. The van der Waals surface area contributed by atoms with E-state index < -0.39 is 0 Å². The third kappa shape index (κ3) is 3.77. The van der Waals surface area contributed by atoms with Crippen molar-refractivity contribution in [1.82, 2.24) is 0 Å². The van der Waals surface area contributed by atoms with Gasteiger partial charge in [-0.05, 0) is 6.42 Å². The van der Waals surface area contributed by atoms with Crippen molar-refractivity contribution in [1.29, 1.82) is 0 Å². The summed E-state index contributed by atoms with van der Waals surface area (Å²) in [5.41, 5.74) is 0. The molecule has 60 valence electrons. The Bertz CT molecular complexity index is 104. The summed E-state index contributed by atoms with van der Waals surface area (Å²) >= 11 is 3.92. The average Bonchev–Trinajstić information content (AvgIpc) is 1.98. The highest BCUT2D eigenvalue weighted by molar-refractivity contribution is 7.80. The van der Waals surface area contributed by atoms with E-state index in [0.29, 0.717) is 12.4 Å². The summed E-state index contributed by atoms with van der Waals surface area (Å²) in [7, 11) is 0. The van der Waals surface area contributed by atoms with E-state index in [1.54, 1.807) is 0 Å². The maximum atomic E-state index is 10.9. The summed E-state index contributed by atoms with van der Waals surface area (Å²) in [6.45, 7) is 4.25. The van der Waals surface area contributed by atoms with Crippen molar-refractivity contribution in [3.05, 3.63) is 0 Å². The highest BCUT2D eigenvalue weighted by Gasteiger charge is 2.10. The molecule has 0 aromatic heterocycles. The van der Waals surface area contributed by atoms with E-state index in [4.69, 9.17) is 4.74 Å². The first kappa shape index (κ1) is 9.82. The Balaban J connectivity index is 3.42. The van der Waals surface area contributed by atoms with Gasteiger partial charge < -0.3 is 4.74 Å². The van der Waals surface area contributed by atoms with E-state index >= 15 is 0 Å². The molecule has 2 nitrogen and oxygen atoms in total. The van der Waals surface area contributed by atoms with Crippen LogP contribution in [0.25, 0.3) is 0 Å². The largest absolute Gasteiger partial charge is 0.465 e. The number of thiol groups is 1. The lowest BCUT2D eigenvalue weighted by Crippen LogP contribution is -2.14. The van der Waals surface area contributed by atoms with Crippen LogP contribution < -0.4 is 0 Å². The second kappa shape index (κ2) is 5.59. The average molecular weight is 162 g/mol. The van der Waals surface area contributed by atoms with E-state index in [0.717, 1.165) is 6.42 Å². The van der Waals surface area contributed by atoms with Crippen LogP contribution in [-0.2, 0) is 9.53 Å². The molecule has 0 spiro atoms. The van der Waals surface area contributed by atoms with Crippen molar-refractivity contribution in [2.24, 2.45) is 5.92 Å². The predicted octanol–water partition coefficient (Wildman–Crippen LogP) is 1.51. The van der Waals surface area contributed by atoms with Crippen LogP contribution >= 0.6 is 12.6 Å². The van der Waals surface area contributed by atoms with Crippen molar-refractivity contribution in [2.75, 3.05) is 12.4 Å². The van der Waals surface area contributed by atoms with Crippen molar-refractivity contribution >= 4 is 18.6 Å². The van der Waals surface area contributed by atoms with Crippen molar-refractivity contribution in [3.63, 3.8) is 0 Å². The zero-order valence-corrected chi connectivity index (χ0v) is 7.36. The molecule has 0 N–H and O–H groups in total. The molecule has 0 fully saturated rings. The van der Waals surface area contributed by atoms with Crippen LogP contribution in [0.5, 0.6) is 0 Å². The molecule has 0 amide bonds. The fraction of sp³-hybridized carbons (Fsp3) is 0.857. The van der Waals surface area contributed by atoms with Crippen molar-refractivity contribution < 1.29 is 9.53 Å². The molecular formula is C7H14O2S. The number of hydrogen-bond donors (Lipinski definition) is 1. The maximum Gasteiger partial charge on any atom is 0.308 e. The van der Waals surface area contributed by atoms with Crippen LogP contribution in [0.1, 0.15) is 20.3 Å². The van der Waals surface area contributed by atoms with Gasteiger partial charge in [-0.25, -0.2) is 0 Å². The molecular weight excluding hydrogens is 148 g/mol. The molecule has 1 atom stereocenters. The summed E-state index contributed by atoms with van der Waals surface area (Å²) in [5.74, 6) is 0.513. The third-order valence-corrected chi connectivity index (χ3v) is 1.53. The fourth-order valence-electron chi connectivity index (χ4n) is 0.455. The molecule has 0 radical (unpaired) electrons. The van der Waals surface area contributed by atoms with Crippen molar-refractivity contribution in [3.8, 4) is 0 Å². The van der Waals surface area contributed by atoms with Gasteiger partial charge in [0.15, 0.2) is 0 Å². The molecule has 0 aromatic rings. The molecule has 0 heterocycles. The molecule has 10 heavy (non-hydrogen) atoms. The minimum Gasteiger partial charge on any atom is -0.465 e. The zero-order chi connectivity index (χ0) is 7.98. The highest BCUT2D eigenvalue weighted by atomic mass is 32.1. The van der Waals surface area contributed by atoms with E-state index in [1.807, 2.05) is 13.8 Å². The summed E-state index contributed by atoms with van der Waals surface area (Å²) in [6, 6.07) is 0. The zero-order valence-electron chi connectivity index (χ0n) is 6.46. The summed E-state index contributed by atoms with van der Waals surface area (Å²) in [6.07, 6.45) is 0.839. The predicted molar refractivity (Wildman–Crippen MR) is 44.3 cm³/mol. The van der Waals surface area contributed by atoms with E-state index in [2.05, 4.69) is 12.6 Å². The number of ether oxygens (including phenoxy) is 1. The number of carbonyl (C=O) groups excluding carboxylic acids is 1. The van der Waals surface area contributed by atoms with Crippen LogP contribution in [0.3, 0.4) is 0 Å². The van der Waals surface area contributed by atoms with Crippen LogP contribution in [0, 0.1) is 5.92 Å². The third-order valence-electron chi connectivity index (χ3n) is 1.35. The smallest absolute Gasteiger partial charge is 0.308 e. The monoisotopic (exact) mass is 162 g/mol. The molecule has 0 aliphatic heterocycles. The molecule has 0 bridgehead atoms. The number of hydrogen-bond acceptors (Lipinski definition) is 3. The van der Waals surface area contributed by atoms with Gasteiger partial charge in [0.25, 0.3) is 0 Å². The van der Waals surface area contributed by atoms with Gasteiger partial charge in [-0.1, -0.05) is 13.8 Å². The van der Waals surface area contributed by atoms with Crippen molar-refractivity contribution in [2.45, 2.75) is 20.3 Å². The number of rotatable bonds is 4. The van der Waals surface area contributed by atoms with Gasteiger partial charge in [-0.3, -0.25) is 4.79 Å². The van der Waals surface area contributed by atoms with Gasteiger partial charge in [0.1, 0.15) is 6.61 Å². The van der Waals surface area contributed by atoms with Gasteiger partial charge in [-0.2, -0.15) is 12.6 Å². The topological polar surface area (TPSA) is 26.3 Å². The number of carbonyl (C=O) groups is 1. The van der Waals surface area contributed by atoms with Gasteiger partial charge in [0, 0.05) is 5.75 Å². The highest BCUT2D eigenvalue weighted by Crippen LogP contribution is 2.02. The Labute approximate surface area is 67.4 Å². The van der Waals surface area contributed by atoms with E-state index in [-0.39, 0.29) is 11.9 Å². The molecule has 0 aliphatic carbocycles. The standard InChI is InChI=1S/C7H14O2S/c1-3-6(2)7(8)9-4-5-10/h6,10H,3-5H2,1-2H3. The lowest BCUT2D eigenvalue weighted by Gasteiger charge is -2.06. The normalized spacial score (nSPS) is 12.7. The minimum absolute atomic E-state index is 0.0277. The molecule has 3 heteroatoms. The van der Waals surface area contributed by atoms with Gasteiger partial charge in [-0.15, -0.1) is 0 Å². The fourth-order valence-corrected chi connectivity index (χ4v) is 0.546. The van der Waals surface area contributed by atoms with E-state index in [1.165, 1.54) is 0 Å². The Morgan fingerprint density at radius 1 is 1.70 bits per heavy atom. The lowest BCUT2D eigenvalue weighted by molar-refractivity contribution is -0.147. The Morgan fingerprint density at radius 2 is 2.30 bits per heavy atom. The Hall–Kier alpha value is -0.180. The lowest BCUT2D eigenvalue weighted by atomic mass is 10.1. The quantitative estimate of drug-likeness (QED) is 0.501. The summed E-state index contributed by atoms with van der Waals surface area (Å²) in [4.78, 5) is 10.9. The molecule has 0 aromatic carbocycles. The van der Waals surface area contributed by atoms with Gasteiger partial charge in [0.2, 0.25) is 0 Å². The Morgan fingerprint density at radius 3 is 2.70 bits per heavy atom. The maximum absolute atomic E-state index is 10.9. The SMILES string of the molecule is CCC(C)C(=O)OCCS. The first-order valence-electron chi connectivity index (χ1n) is 3.49. The first-order chi connectivity index (χ1) is 4.72. The summed E-state index contributed by atoms with van der Waals surface area (Å²) in [5, 5.41) is 0. The summed E-state index contributed by atoms with van der Waals surface area (Å²) < 4.78 is 4.83. The van der Waals surface area contributed by atoms with Crippen LogP contribution in [0.15, 0.2) is 0 Å². The van der Waals surface area contributed by atoms with Crippen LogP contribution in [0.4, 0.5) is 0 Å². The first-order valence-corrected chi connectivity index (χ1v) is 4.13. The van der Waals surface area contributed by atoms with Gasteiger partial charge >= 0.3 is 5.97 Å². The second-order valence-corrected chi connectivity index (χ2v) is 2.65. The van der Waals surface area contributed by atoms with E-state index in [9.17, 15) is 4.79 Å². The van der Waals surface area contributed by atoms with Crippen LogP contribution in [-0.4, -0.2) is 18.3 Å². The molecule has 0 rings (SSSR count). The van der Waals surface area contributed by atoms with Crippen LogP contribution in [0.2, 0.25) is 0 Å². The Kier molecular flexibility index (Phi) is 5.49. The molecule has 0 saturated carbocycles. The molecule has 1 unspecified atom stereocenters. The molecule has 0 saturated heterocycles.